The molecule has 0 spiro atoms. The summed E-state index contributed by atoms with van der Waals surface area (Å²) in [6.07, 6.45) is 1.46. The fourth-order valence-corrected chi connectivity index (χ4v) is 2.31. The SMILES string of the molecule is CCC1(c2cccc(Br)n2)CCOC1=O. The molecule has 0 amide bonds. The van der Waals surface area contributed by atoms with Gasteiger partial charge in [0.25, 0.3) is 0 Å². The molecule has 1 unspecified atom stereocenters. The van der Waals surface area contributed by atoms with Crippen LogP contribution in [0.15, 0.2) is 22.8 Å². The van der Waals surface area contributed by atoms with Crippen molar-refractivity contribution in [1.82, 2.24) is 4.98 Å². The number of rotatable bonds is 2. The average molecular weight is 270 g/mol. The van der Waals surface area contributed by atoms with Crippen molar-refractivity contribution in [3.05, 3.63) is 28.5 Å². The van der Waals surface area contributed by atoms with Crippen molar-refractivity contribution in [3.8, 4) is 0 Å². The standard InChI is InChI=1S/C11H12BrNO2/c1-2-11(6-7-15-10(11)14)8-4-3-5-9(12)13-8/h3-5H,2,6-7H2,1H3. The summed E-state index contributed by atoms with van der Waals surface area (Å²) in [5, 5.41) is 0. The topological polar surface area (TPSA) is 39.2 Å². The van der Waals surface area contributed by atoms with Gasteiger partial charge in [0.05, 0.1) is 12.3 Å². The van der Waals surface area contributed by atoms with Gasteiger partial charge in [-0.1, -0.05) is 13.0 Å². The first kappa shape index (κ1) is 10.6. The van der Waals surface area contributed by atoms with Crippen LogP contribution in [0.5, 0.6) is 0 Å². The van der Waals surface area contributed by atoms with Crippen molar-refractivity contribution in [3.63, 3.8) is 0 Å². The molecule has 2 heterocycles. The smallest absolute Gasteiger partial charge is 0.318 e. The van der Waals surface area contributed by atoms with Gasteiger partial charge < -0.3 is 4.74 Å². The number of aromatic nitrogens is 1. The van der Waals surface area contributed by atoms with E-state index in [1.807, 2.05) is 25.1 Å². The predicted octanol–water partition coefficient (Wildman–Crippen LogP) is 2.44. The average Bonchev–Trinajstić information content (AvgIpc) is 2.61. The maximum Gasteiger partial charge on any atom is 0.318 e. The van der Waals surface area contributed by atoms with E-state index in [4.69, 9.17) is 4.74 Å². The van der Waals surface area contributed by atoms with Crippen LogP contribution in [0.4, 0.5) is 0 Å². The summed E-state index contributed by atoms with van der Waals surface area (Å²) in [5.74, 6) is -0.143. The molecule has 2 rings (SSSR count). The van der Waals surface area contributed by atoms with Crippen LogP contribution in [0.3, 0.4) is 0 Å². The van der Waals surface area contributed by atoms with E-state index in [-0.39, 0.29) is 5.97 Å². The highest BCUT2D eigenvalue weighted by Crippen LogP contribution is 2.36. The minimum Gasteiger partial charge on any atom is -0.465 e. The Morgan fingerprint density at radius 3 is 2.93 bits per heavy atom. The lowest BCUT2D eigenvalue weighted by atomic mass is 9.80. The quantitative estimate of drug-likeness (QED) is 0.612. The minimum atomic E-state index is -0.524. The third-order valence-electron chi connectivity index (χ3n) is 2.96. The lowest BCUT2D eigenvalue weighted by molar-refractivity contribution is -0.143. The molecule has 0 aliphatic carbocycles. The number of ether oxygens (including phenoxy) is 1. The van der Waals surface area contributed by atoms with E-state index in [9.17, 15) is 4.79 Å². The fourth-order valence-electron chi connectivity index (χ4n) is 1.97. The molecule has 0 N–H and O–H groups in total. The van der Waals surface area contributed by atoms with Gasteiger partial charge in [-0.05, 0) is 34.5 Å². The maximum absolute atomic E-state index is 11.8. The molecule has 80 valence electrons. The van der Waals surface area contributed by atoms with Crippen LogP contribution in [0.25, 0.3) is 0 Å². The first-order valence-corrected chi connectivity index (χ1v) is 5.78. The molecule has 15 heavy (non-hydrogen) atoms. The van der Waals surface area contributed by atoms with E-state index in [0.717, 1.165) is 23.1 Å². The van der Waals surface area contributed by atoms with Gasteiger partial charge in [0.2, 0.25) is 0 Å². The summed E-state index contributed by atoms with van der Waals surface area (Å²) in [6.45, 7) is 2.50. The number of esters is 1. The fraction of sp³-hybridized carbons (Fsp3) is 0.455. The molecule has 1 aromatic rings. The first-order valence-electron chi connectivity index (χ1n) is 4.99. The second-order valence-corrected chi connectivity index (χ2v) is 4.48. The van der Waals surface area contributed by atoms with Gasteiger partial charge in [-0.25, -0.2) is 4.98 Å². The Morgan fingerprint density at radius 1 is 1.60 bits per heavy atom. The lowest BCUT2D eigenvalue weighted by Gasteiger charge is -2.21. The number of carbonyl (C=O) groups is 1. The molecular weight excluding hydrogens is 258 g/mol. The van der Waals surface area contributed by atoms with Crippen molar-refractivity contribution in [2.45, 2.75) is 25.2 Å². The van der Waals surface area contributed by atoms with Crippen molar-refractivity contribution in [2.24, 2.45) is 0 Å². The summed E-state index contributed by atoms with van der Waals surface area (Å²) >= 11 is 3.32. The number of carbonyl (C=O) groups excluding carboxylic acids is 1. The summed E-state index contributed by atoms with van der Waals surface area (Å²) < 4.78 is 5.82. The maximum atomic E-state index is 11.8. The van der Waals surface area contributed by atoms with Crippen LogP contribution >= 0.6 is 15.9 Å². The van der Waals surface area contributed by atoms with Crippen LogP contribution in [0.2, 0.25) is 0 Å². The summed E-state index contributed by atoms with van der Waals surface area (Å²) in [6, 6.07) is 5.64. The van der Waals surface area contributed by atoms with Crippen LogP contribution < -0.4 is 0 Å². The van der Waals surface area contributed by atoms with Gasteiger partial charge in [0, 0.05) is 6.42 Å². The van der Waals surface area contributed by atoms with Crippen LogP contribution in [-0.2, 0) is 14.9 Å². The lowest BCUT2D eigenvalue weighted by Crippen LogP contribution is -2.31. The van der Waals surface area contributed by atoms with Gasteiger partial charge in [0.15, 0.2) is 0 Å². The monoisotopic (exact) mass is 269 g/mol. The second kappa shape index (κ2) is 3.93. The summed E-state index contributed by atoms with van der Waals surface area (Å²) in [4.78, 5) is 16.1. The normalized spacial score (nSPS) is 25.3. The molecule has 3 nitrogen and oxygen atoms in total. The van der Waals surface area contributed by atoms with Crippen molar-refractivity contribution in [1.29, 1.82) is 0 Å². The molecule has 0 radical (unpaired) electrons. The molecule has 1 atom stereocenters. The third-order valence-corrected chi connectivity index (χ3v) is 3.40. The Labute approximate surface area is 97.0 Å². The number of halogens is 1. The number of hydrogen-bond donors (Lipinski definition) is 0. The van der Waals surface area contributed by atoms with Gasteiger partial charge in [-0.15, -0.1) is 0 Å². The molecule has 0 saturated carbocycles. The summed E-state index contributed by atoms with van der Waals surface area (Å²) in [7, 11) is 0. The molecule has 4 heteroatoms. The van der Waals surface area contributed by atoms with Gasteiger partial charge >= 0.3 is 5.97 Å². The highest BCUT2D eigenvalue weighted by atomic mass is 79.9. The third kappa shape index (κ3) is 1.67. The van der Waals surface area contributed by atoms with Gasteiger partial charge in [-0.2, -0.15) is 0 Å². The molecule has 1 aliphatic rings. The van der Waals surface area contributed by atoms with Crippen LogP contribution in [0, 0.1) is 0 Å². The zero-order valence-corrected chi connectivity index (χ0v) is 10.1. The molecule has 1 saturated heterocycles. The van der Waals surface area contributed by atoms with E-state index < -0.39 is 5.41 Å². The van der Waals surface area contributed by atoms with E-state index in [2.05, 4.69) is 20.9 Å². The van der Waals surface area contributed by atoms with Crippen LogP contribution in [-0.4, -0.2) is 17.6 Å². The Balaban J connectivity index is 2.46. The predicted molar refractivity (Wildman–Crippen MR) is 59.5 cm³/mol. The largest absolute Gasteiger partial charge is 0.465 e. The molecule has 0 bridgehead atoms. The second-order valence-electron chi connectivity index (χ2n) is 3.67. The molecule has 0 aromatic carbocycles. The highest BCUT2D eigenvalue weighted by Gasteiger charge is 2.45. The van der Waals surface area contributed by atoms with Crippen LogP contribution in [0.1, 0.15) is 25.5 Å². The number of nitrogens with zero attached hydrogens (tertiary/aromatic N) is 1. The first-order chi connectivity index (χ1) is 7.19. The van der Waals surface area contributed by atoms with Gasteiger partial charge in [0.1, 0.15) is 10.0 Å². The Bertz CT molecular complexity index is 394. The molecule has 1 aromatic heterocycles. The number of hydrogen-bond acceptors (Lipinski definition) is 3. The van der Waals surface area contributed by atoms with Gasteiger partial charge in [-0.3, -0.25) is 4.79 Å². The van der Waals surface area contributed by atoms with E-state index in [0.29, 0.717) is 6.61 Å². The van der Waals surface area contributed by atoms with Crippen molar-refractivity contribution >= 4 is 21.9 Å². The minimum absolute atomic E-state index is 0.143. The molecule has 1 fully saturated rings. The van der Waals surface area contributed by atoms with Crippen molar-refractivity contribution < 1.29 is 9.53 Å². The van der Waals surface area contributed by atoms with E-state index in [1.165, 1.54) is 0 Å². The zero-order valence-electron chi connectivity index (χ0n) is 8.50. The number of cyclic esters (lactones) is 1. The molecule has 1 aliphatic heterocycles. The Kier molecular flexibility index (Phi) is 2.78. The number of pyridine rings is 1. The Morgan fingerprint density at radius 2 is 2.40 bits per heavy atom. The van der Waals surface area contributed by atoms with E-state index >= 15 is 0 Å². The van der Waals surface area contributed by atoms with E-state index in [1.54, 1.807) is 0 Å². The zero-order chi connectivity index (χ0) is 10.9. The van der Waals surface area contributed by atoms with Crippen molar-refractivity contribution in [2.75, 3.05) is 6.61 Å². The highest BCUT2D eigenvalue weighted by molar-refractivity contribution is 9.10. The molecular formula is C11H12BrNO2. The summed E-state index contributed by atoms with van der Waals surface area (Å²) in [5.41, 5.74) is 0.283. The Hall–Kier alpha value is -0.900.